The molecule has 3 nitrogen and oxygen atoms in total. The lowest BCUT2D eigenvalue weighted by atomic mass is 10.00. The van der Waals surface area contributed by atoms with Crippen LogP contribution in [0.3, 0.4) is 0 Å². The largest absolute Gasteiger partial charge is 0.313 e. The normalized spacial score (nSPS) is 13.8. The second-order valence-corrected chi connectivity index (χ2v) is 13.9. The second kappa shape index (κ2) is 11.1. The van der Waals surface area contributed by atoms with Crippen molar-refractivity contribution in [1.82, 2.24) is 13.7 Å². The molecule has 242 valence electrons. The van der Waals surface area contributed by atoms with Gasteiger partial charge in [0.1, 0.15) is 0 Å². The van der Waals surface area contributed by atoms with Crippen molar-refractivity contribution in [3.63, 3.8) is 0 Å². The molecule has 11 rings (SSSR count). The van der Waals surface area contributed by atoms with Gasteiger partial charge in [-0.15, -0.1) is 0 Å². The van der Waals surface area contributed by atoms with Gasteiger partial charge in [-0.3, -0.25) is 0 Å². The minimum Gasteiger partial charge on any atom is -0.313 e. The van der Waals surface area contributed by atoms with Crippen molar-refractivity contribution in [2.75, 3.05) is 0 Å². The molecule has 3 aromatic heterocycles. The van der Waals surface area contributed by atoms with Crippen LogP contribution in [0.25, 0.3) is 84.0 Å². The molecular formula is C48H35N3. The molecule has 0 saturated heterocycles. The minimum atomic E-state index is 1.02. The van der Waals surface area contributed by atoms with Crippen LogP contribution in [0.4, 0.5) is 0 Å². The van der Waals surface area contributed by atoms with Crippen molar-refractivity contribution in [1.29, 1.82) is 0 Å². The van der Waals surface area contributed by atoms with E-state index < -0.39 is 0 Å². The summed E-state index contributed by atoms with van der Waals surface area (Å²) in [7, 11) is 0. The van der Waals surface area contributed by atoms with Crippen molar-refractivity contribution in [3.05, 3.63) is 174 Å². The number of hydrogen-bond acceptors (Lipinski definition) is 0. The molecule has 2 aliphatic rings. The van der Waals surface area contributed by atoms with E-state index in [-0.39, 0.29) is 0 Å². The van der Waals surface area contributed by atoms with Gasteiger partial charge in [0.2, 0.25) is 0 Å². The van der Waals surface area contributed by atoms with Gasteiger partial charge in [-0.2, -0.15) is 0 Å². The van der Waals surface area contributed by atoms with Crippen LogP contribution in [0.1, 0.15) is 35.4 Å². The molecule has 2 aliphatic carbocycles. The average Bonchev–Trinajstić information content (AvgIpc) is 3.83. The first kappa shape index (κ1) is 28.5. The van der Waals surface area contributed by atoms with E-state index in [0.717, 1.165) is 25.7 Å². The van der Waals surface area contributed by atoms with E-state index in [1.165, 1.54) is 94.3 Å². The number of benzene rings is 6. The van der Waals surface area contributed by atoms with Crippen LogP contribution in [0.5, 0.6) is 0 Å². The molecule has 3 heteroatoms. The Labute approximate surface area is 296 Å². The number of nitrogens with zero attached hydrogens (tertiary/aromatic N) is 3. The Morgan fingerprint density at radius 3 is 1.61 bits per heavy atom. The third-order valence-electron chi connectivity index (χ3n) is 11.2. The van der Waals surface area contributed by atoms with Gasteiger partial charge < -0.3 is 13.7 Å². The van der Waals surface area contributed by atoms with Crippen LogP contribution in [0, 0.1) is 0 Å². The highest BCUT2D eigenvalue weighted by Gasteiger charge is 2.24. The molecule has 0 saturated carbocycles. The maximum Gasteiger partial charge on any atom is 0.0545 e. The lowest BCUT2D eigenvalue weighted by Crippen LogP contribution is -2.03. The van der Waals surface area contributed by atoms with Crippen molar-refractivity contribution >= 4 is 55.8 Å². The van der Waals surface area contributed by atoms with Crippen LogP contribution < -0.4 is 0 Å². The van der Waals surface area contributed by atoms with Gasteiger partial charge in [-0.25, -0.2) is 0 Å². The summed E-state index contributed by atoms with van der Waals surface area (Å²) in [5, 5.41) is 5.20. The lowest BCUT2D eigenvalue weighted by molar-refractivity contribution is 0.888. The van der Waals surface area contributed by atoms with E-state index in [1.54, 1.807) is 0 Å². The molecule has 3 heterocycles. The van der Waals surface area contributed by atoms with Crippen molar-refractivity contribution in [3.8, 4) is 28.2 Å². The molecule has 6 aromatic carbocycles. The fourth-order valence-electron chi connectivity index (χ4n) is 9.00. The molecule has 0 aliphatic heterocycles. The standard InChI is InChI=1S/C48H35N3/c1-2-16-33(17-3-1)49-43-25-10-7-22-38(43)40-31-48-41(30-47(40)49)39-23-8-11-26-44(39)50(48)34-18-14-15-32(29-34)35-19-4-9-24-42(35)51-45-27-12-5-20-36(45)37-21-6-13-28-46(37)51/h1-9,12-24,27-31H,10-11,25-26H2. The summed E-state index contributed by atoms with van der Waals surface area (Å²) >= 11 is 0. The summed E-state index contributed by atoms with van der Waals surface area (Å²) in [5.41, 5.74) is 16.6. The molecule has 0 fully saturated rings. The summed E-state index contributed by atoms with van der Waals surface area (Å²) in [6, 6.07) is 51.5. The fourth-order valence-corrected chi connectivity index (χ4v) is 9.00. The van der Waals surface area contributed by atoms with Gasteiger partial charge in [-0.1, -0.05) is 109 Å². The zero-order chi connectivity index (χ0) is 33.5. The fraction of sp³-hybridized carbons (Fsp3) is 0.0833. The first-order valence-corrected chi connectivity index (χ1v) is 18.1. The third-order valence-corrected chi connectivity index (χ3v) is 11.2. The van der Waals surface area contributed by atoms with Gasteiger partial charge >= 0.3 is 0 Å². The molecule has 0 unspecified atom stereocenters. The van der Waals surface area contributed by atoms with E-state index in [0.29, 0.717) is 0 Å². The van der Waals surface area contributed by atoms with E-state index in [4.69, 9.17) is 0 Å². The molecule has 0 N–H and O–H groups in total. The molecule has 0 radical (unpaired) electrons. The Morgan fingerprint density at radius 2 is 0.941 bits per heavy atom. The highest BCUT2D eigenvalue weighted by atomic mass is 15.0. The summed E-state index contributed by atoms with van der Waals surface area (Å²) in [5.74, 6) is 0. The van der Waals surface area contributed by atoms with Crippen LogP contribution in [0.15, 0.2) is 152 Å². The summed E-state index contributed by atoms with van der Waals surface area (Å²) in [6.45, 7) is 0. The third kappa shape index (κ3) is 4.18. The second-order valence-electron chi connectivity index (χ2n) is 13.9. The molecule has 0 spiro atoms. The molecule has 9 aromatic rings. The topological polar surface area (TPSA) is 14.8 Å². The molecular weight excluding hydrogens is 619 g/mol. The Balaban J connectivity index is 1.15. The predicted octanol–water partition coefficient (Wildman–Crippen LogP) is 12.3. The molecule has 0 atom stereocenters. The number of hydrogen-bond donors (Lipinski definition) is 0. The van der Waals surface area contributed by atoms with Crippen LogP contribution in [0.2, 0.25) is 0 Å². The Morgan fingerprint density at radius 1 is 0.392 bits per heavy atom. The van der Waals surface area contributed by atoms with Crippen LogP contribution in [-0.4, -0.2) is 13.7 Å². The highest BCUT2D eigenvalue weighted by molar-refractivity contribution is 6.10. The zero-order valence-electron chi connectivity index (χ0n) is 28.3. The Kier molecular flexibility index (Phi) is 6.20. The van der Waals surface area contributed by atoms with Gasteiger partial charge in [0, 0.05) is 61.0 Å². The number of aromatic nitrogens is 3. The molecule has 51 heavy (non-hydrogen) atoms. The number of allylic oxidation sites excluding steroid dienone is 2. The minimum absolute atomic E-state index is 1.02. The summed E-state index contributed by atoms with van der Waals surface area (Å²) in [6.07, 6.45) is 13.6. The summed E-state index contributed by atoms with van der Waals surface area (Å²) in [4.78, 5) is 0. The van der Waals surface area contributed by atoms with E-state index in [9.17, 15) is 0 Å². The van der Waals surface area contributed by atoms with E-state index in [2.05, 4.69) is 178 Å². The predicted molar refractivity (Wildman–Crippen MR) is 215 cm³/mol. The maximum atomic E-state index is 2.55. The number of fused-ring (bicyclic) bond motifs is 9. The highest BCUT2D eigenvalue weighted by Crippen LogP contribution is 2.42. The first-order chi connectivity index (χ1) is 25.3. The Bertz CT molecular complexity index is 2850. The summed E-state index contributed by atoms with van der Waals surface area (Å²) < 4.78 is 7.50. The van der Waals surface area contributed by atoms with Crippen LogP contribution in [-0.2, 0) is 12.8 Å². The van der Waals surface area contributed by atoms with Crippen molar-refractivity contribution in [2.24, 2.45) is 0 Å². The number of rotatable bonds is 4. The maximum absolute atomic E-state index is 2.55. The smallest absolute Gasteiger partial charge is 0.0545 e. The average molecular weight is 654 g/mol. The quantitative estimate of drug-likeness (QED) is 0.180. The van der Waals surface area contributed by atoms with Gasteiger partial charge in [0.05, 0.1) is 27.8 Å². The van der Waals surface area contributed by atoms with Crippen molar-refractivity contribution < 1.29 is 0 Å². The van der Waals surface area contributed by atoms with Gasteiger partial charge in [0.25, 0.3) is 0 Å². The van der Waals surface area contributed by atoms with Gasteiger partial charge in [0.15, 0.2) is 0 Å². The zero-order valence-corrected chi connectivity index (χ0v) is 28.3. The SMILES string of the molecule is C1=Cc2c(n(-c3ccccc3)c3cc4c5c(n(-c6cccc(-c7ccccc7-n7c8ccccc8c8ccccc87)c6)c4cc23)CCC=C5)CC1. The molecule has 0 bridgehead atoms. The lowest BCUT2D eigenvalue weighted by Gasteiger charge is -2.17. The monoisotopic (exact) mass is 653 g/mol. The Hall–Kier alpha value is -6.32. The van der Waals surface area contributed by atoms with E-state index >= 15 is 0 Å². The van der Waals surface area contributed by atoms with Crippen molar-refractivity contribution in [2.45, 2.75) is 25.7 Å². The molecule has 0 amide bonds. The van der Waals surface area contributed by atoms with E-state index in [1.807, 2.05) is 0 Å². The van der Waals surface area contributed by atoms with Crippen LogP contribution >= 0.6 is 0 Å². The number of para-hydroxylation sites is 4. The van der Waals surface area contributed by atoms with Gasteiger partial charge in [-0.05, 0) is 85.8 Å². The first-order valence-electron chi connectivity index (χ1n) is 18.1.